The van der Waals surface area contributed by atoms with E-state index in [-0.39, 0.29) is 11.8 Å². The van der Waals surface area contributed by atoms with Gasteiger partial charge < -0.3 is 15.6 Å². The summed E-state index contributed by atoms with van der Waals surface area (Å²) in [7, 11) is 0. The Morgan fingerprint density at radius 1 is 1.17 bits per heavy atom. The van der Waals surface area contributed by atoms with Gasteiger partial charge in [-0.3, -0.25) is 0 Å². The average Bonchev–Trinajstić information content (AvgIpc) is 2.36. The van der Waals surface area contributed by atoms with Gasteiger partial charge in [-0.15, -0.1) is 0 Å². The molecule has 0 aliphatic heterocycles. The molecule has 2 rings (SSSR count). The summed E-state index contributed by atoms with van der Waals surface area (Å²) < 4.78 is 5.64. The van der Waals surface area contributed by atoms with Crippen LogP contribution in [-0.4, -0.2) is 11.7 Å². The first-order valence-electron chi connectivity index (χ1n) is 5.89. The van der Waals surface area contributed by atoms with Crippen molar-refractivity contribution >= 4 is 0 Å². The lowest BCUT2D eigenvalue weighted by atomic mass is 10.1. The summed E-state index contributed by atoms with van der Waals surface area (Å²) in [5.41, 5.74) is 8.03. The second kappa shape index (κ2) is 5.56. The Morgan fingerprint density at radius 2 is 1.94 bits per heavy atom. The highest BCUT2D eigenvalue weighted by Crippen LogP contribution is 2.18. The van der Waals surface area contributed by atoms with E-state index in [9.17, 15) is 5.11 Å². The van der Waals surface area contributed by atoms with Crippen LogP contribution in [0, 0.1) is 6.92 Å². The molecule has 3 heteroatoms. The number of aromatic hydroxyl groups is 1. The van der Waals surface area contributed by atoms with Crippen molar-refractivity contribution in [3.63, 3.8) is 0 Å². The van der Waals surface area contributed by atoms with Crippen LogP contribution < -0.4 is 10.5 Å². The van der Waals surface area contributed by atoms with E-state index < -0.39 is 0 Å². The molecular weight excluding hydrogens is 226 g/mol. The fourth-order valence-corrected chi connectivity index (χ4v) is 1.74. The number of aryl methyl sites for hydroxylation is 1. The van der Waals surface area contributed by atoms with Crippen LogP contribution in [0.2, 0.25) is 0 Å². The maximum atomic E-state index is 9.39. The summed E-state index contributed by atoms with van der Waals surface area (Å²) >= 11 is 0. The van der Waals surface area contributed by atoms with Gasteiger partial charge in [0.2, 0.25) is 0 Å². The fraction of sp³-hybridized carbons (Fsp3) is 0.200. The van der Waals surface area contributed by atoms with Gasteiger partial charge in [0.25, 0.3) is 0 Å². The Kier molecular flexibility index (Phi) is 3.85. The van der Waals surface area contributed by atoms with Crippen LogP contribution in [0.3, 0.4) is 0 Å². The second-order valence-corrected chi connectivity index (χ2v) is 4.33. The minimum Gasteiger partial charge on any atom is -0.508 e. The second-order valence-electron chi connectivity index (χ2n) is 4.33. The Bertz CT molecular complexity index is 525. The lowest BCUT2D eigenvalue weighted by Gasteiger charge is -2.14. The molecule has 1 atom stereocenters. The third-order valence-corrected chi connectivity index (χ3v) is 2.72. The number of benzene rings is 2. The van der Waals surface area contributed by atoms with Crippen LogP contribution in [0.15, 0.2) is 48.5 Å². The fourth-order valence-electron chi connectivity index (χ4n) is 1.74. The van der Waals surface area contributed by atoms with Gasteiger partial charge in [-0.1, -0.05) is 24.3 Å². The van der Waals surface area contributed by atoms with Gasteiger partial charge >= 0.3 is 0 Å². The highest BCUT2D eigenvalue weighted by Gasteiger charge is 2.07. The van der Waals surface area contributed by atoms with Gasteiger partial charge in [-0.2, -0.15) is 0 Å². The van der Waals surface area contributed by atoms with Gasteiger partial charge in [0, 0.05) is 0 Å². The molecule has 0 heterocycles. The molecule has 3 N–H and O–H groups in total. The summed E-state index contributed by atoms with van der Waals surface area (Å²) in [5.74, 6) is 1.03. The number of ether oxygens (including phenoxy) is 1. The Hall–Kier alpha value is -2.00. The molecule has 0 aliphatic rings. The SMILES string of the molecule is Cc1cccc(OCC(N)c2cccc(O)c2)c1. The largest absolute Gasteiger partial charge is 0.508 e. The summed E-state index contributed by atoms with van der Waals surface area (Å²) in [6, 6.07) is 14.5. The predicted octanol–water partition coefficient (Wildman–Crippen LogP) is 2.78. The Balaban J connectivity index is 1.98. The molecule has 0 aliphatic carbocycles. The molecule has 0 saturated carbocycles. The number of hydrogen-bond acceptors (Lipinski definition) is 3. The lowest BCUT2D eigenvalue weighted by Crippen LogP contribution is -2.18. The molecule has 1 unspecified atom stereocenters. The van der Waals surface area contributed by atoms with Crippen LogP contribution in [0.4, 0.5) is 0 Å². The summed E-state index contributed by atoms with van der Waals surface area (Å²) in [6.45, 7) is 2.40. The molecule has 2 aromatic carbocycles. The van der Waals surface area contributed by atoms with E-state index >= 15 is 0 Å². The van der Waals surface area contributed by atoms with Crippen molar-refractivity contribution in [2.24, 2.45) is 5.73 Å². The highest BCUT2D eigenvalue weighted by atomic mass is 16.5. The monoisotopic (exact) mass is 243 g/mol. The Labute approximate surface area is 107 Å². The van der Waals surface area contributed by atoms with Crippen molar-refractivity contribution in [1.29, 1.82) is 0 Å². The minimum atomic E-state index is -0.252. The van der Waals surface area contributed by atoms with E-state index in [1.54, 1.807) is 18.2 Å². The number of phenolic OH excluding ortho intramolecular Hbond substituents is 1. The average molecular weight is 243 g/mol. The number of nitrogens with two attached hydrogens (primary N) is 1. The quantitative estimate of drug-likeness (QED) is 0.868. The normalized spacial score (nSPS) is 12.1. The van der Waals surface area contributed by atoms with E-state index in [0.29, 0.717) is 6.61 Å². The van der Waals surface area contributed by atoms with Crippen molar-refractivity contribution < 1.29 is 9.84 Å². The summed E-state index contributed by atoms with van der Waals surface area (Å²) in [6.07, 6.45) is 0. The summed E-state index contributed by atoms with van der Waals surface area (Å²) in [5, 5.41) is 9.39. The Morgan fingerprint density at radius 3 is 2.67 bits per heavy atom. The molecule has 0 spiro atoms. The smallest absolute Gasteiger partial charge is 0.119 e. The molecule has 0 aromatic heterocycles. The number of phenols is 1. The van der Waals surface area contributed by atoms with E-state index in [1.807, 2.05) is 37.3 Å². The molecule has 0 bridgehead atoms. The number of rotatable bonds is 4. The molecule has 0 saturated heterocycles. The molecular formula is C15H17NO2. The first-order chi connectivity index (χ1) is 8.65. The standard InChI is InChI=1S/C15H17NO2/c1-11-4-2-7-14(8-11)18-10-15(16)12-5-3-6-13(17)9-12/h2-9,15,17H,10,16H2,1H3. The van der Waals surface area contributed by atoms with Crippen molar-refractivity contribution in [1.82, 2.24) is 0 Å². The van der Waals surface area contributed by atoms with Crippen molar-refractivity contribution in [3.05, 3.63) is 59.7 Å². The van der Waals surface area contributed by atoms with Crippen molar-refractivity contribution in [3.8, 4) is 11.5 Å². The first kappa shape index (κ1) is 12.5. The molecule has 0 fully saturated rings. The molecule has 0 amide bonds. The van der Waals surface area contributed by atoms with Gasteiger partial charge in [-0.25, -0.2) is 0 Å². The third kappa shape index (κ3) is 3.25. The molecule has 0 radical (unpaired) electrons. The van der Waals surface area contributed by atoms with Crippen LogP contribution >= 0.6 is 0 Å². The molecule has 94 valence electrons. The van der Waals surface area contributed by atoms with Gasteiger partial charge in [0.1, 0.15) is 18.1 Å². The van der Waals surface area contributed by atoms with E-state index in [0.717, 1.165) is 16.9 Å². The zero-order valence-electron chi connectivity index (χ0n) is 10.3. The first-order valence-corrected chi connectivity index (χ1v) is 5.89. The topological polar surface area (TPSA) is 55.5 Å². The third-order valence-electron chi connectivity index (χ3n) is 2.72. The molecule has 2 aromatic rings. The summed E-state index contributed by atoms with van der Waals surface area (Å²) in [4.78, 5) is 0. The molecule has 3 nitrogen and oxygen atoms in total. The zero-order valence-corrected chi connectivity index (χ0v) is 10.3. The van der Waals surface area contributed by atoms with E-state index in [4.69, 9.17) is 10.5 Å². The van der Waals surface area contributed by atoms with E-state index in [1.165, 1.54) is 0 Å². The van der Waals surface area contributed by atoms with Crippen LogP contribution in [-0.2, 0) is 0 Å². The predicted molar refractivity (Wildman–Crippen MR) is 71.7 cm³/mol. The van der Waals surface area contributed by atoms with Crippen molar-refractivity contribution in [2.45, 2.75) is 13.0 Å². The van der Waals surface area contributed by atoms with Crippen LogP contribution in [0.25, 0.3) is 0 Å². The maximum absolute atomic E-state index is 9.39. The van der Waals surface area contributed by atoms with Gasteiger partial charge in [0.15, 0.2) is 0 Å². The minimum absolute atomic E-state index is 0.221. The zero-order chi connectivity index (χ0) is 13.0. The highest BCUT2D eigenvalue weighted by molar-refractivity contribution is 5.30. The molecule has 18 heavy (non-hydrogen) atoms. The number of hydrogen-bond donors (Lipinski definition) is 2. The van der Waals surface area contributed by atoms with Crippen LogP contribution in [0.5, 0.6) is 11.5 Å². The lowest BCUT2D eigenvalue weighted by molar-refractivity contribution is 0.290. The van der Waals surface area contributed by atoms with Crippen molar-refractivity contribution in [2.75, 3.05) is 6.61 Å². The van der Waals surface area contributed by atoms with Crippen LogP contribution in [0.1, 0.15) is 17.2 Å². The van der Waals surface area contributed by atoms with E-state index in [2.05, 4.69) is 0 Å². The van der Waals surface area contributed by atoms with Gasteiger partial charge in [-0.05, 0) is 42.3 Å². The maximum Gasteiger partial charge on any atom is 0.119 e. The van der Waals surface area contributed by atoms with Gasteiger partial charge in [0.05, 0.1) is 6.04 Å².